The number of hydrogen-bond donors (Lipinski definition) is 1. The zero-order chi connectivity index (χ0) is 20.1. The van der Waals surface area contributed by atoms with Gasteiger partial charge >= 0.3 is 5.97 Å². The van der Waals surface area contributed by atoms with E-state index in [-0.39, 0.29) is 24.6 Å². The van der Waals surface area contributed by atoms with Gasteiger partial charge in [0.1, 0.15) is 23.2 Å². The van der Waals surface area contributed by atoms with E-state index >= 15 is 0 Å². The Morgan fingerprint density at radius 3 is 2.89 bits per heavy atom. The largest absolute Gasteiger partial charge is 0.459 e. The molecular formula is C20H18N4O3S. The van der Waals surface area contributed by atoms with Crippen molar-refractivity contribution in [2.45, 2.75) is 33.3 Å². The molecule has 7 nitrogen and oxygen atoms in total. The van der Waals surface area contributed by atoms with Gasteiger partial charge in [-0.15, -0.1) is 11.3 Å². The van der Waals surface area contributed by atoms with Crippen LogP contribution < -0.4 is 5.56 Å². The Morgan fingerprint density at radius 2 is 2.18 bits per heavy atom. The molecule has 0 radical (unpaired) electrons. The number of aryl methyl sites for hydroxylation is 1. The van der Waals surface area contributed by atoms with Crippen molar-refractivity contribution in [3.8, 4) is 16.8 Å². The predicted molar refractivity (Wildman–Crippen MR) is 105 cm³/mol. The fourth-order valence-corrected chi connectivity index (χ4v) is 3.63. The summed E-state index contributed by atoms with van der Waals surface area (Å²) in [6, 6.07) is 7.51. The highest BCUT2D eigenvalue weighted by molar-refractivity contribution is 7.13. The standard InChI is InChI=1S/C20H18N4O3S/c1-12-15(13(2)23-19(26)16(12)9-21)6-7-18(25)27-10-14-11-28-20(24-14)17-5-3-4-8-22-17/h3-5,8,11H,6-7,10H2,1-2H3,(H,23,26). The summed E-state index contributed by atoms with van der Waals surface area (Å²) < 4.78 is 5.31. The Bertz CT molecular complexity index is 1100. The number of pyridine rings is 2. The maximum atomic E-state index is 12.1. The number of ether oxygens (including phenoxy) is 1. The summed E-state index contributed by atoms with van der Waals surface area (Å²) in [6.07, 6.45) is 2.24. The van der Waals surface area contributed by atoms with Crippen molar-refractivity contribution in [3.05, 3.63) is 68.2 Å². The van der Waals surface area contributed by atoms with Crippen molar-refractivity contribution in [2.75, 3.05) is 0 Å². The SMILES string of the molecule is Cc1[nH]c(=O)c(C#N)c(C)c1CCC(=O)OCc1csc(-c2ccccn2)n1. The van der Waals surface area contributed by atoms with Crippen molar-refractivity contribution in [1.82, 2.24) is 15.0 Å². The summed E-state index contributed by atoms with van der Waals surface area (Å²) in [7, 11) is 0. The highest BCUT2D eigenvalue weighted by atomic mass is 32.1. The second-order valence-electron chi connectivity index (χ2n) is 6.19. The van der Waals surface area contributed by atoms with E-state index in [1.165, 1.54) is 11.3 Å². The Morgan fingerprint density at radius 1 is 1.36 bits per heavy atom. The molecule has 0 saturated heterocycles. The fourth-order valence-electron chi connectivity index (χ4n) is 2.85. The van der Waals surface area contributed by atoms with Gasteiger partial charge in [-0.2, -0.15) is 5.26 Å². The Kier molecular flexibility index (Phi) is 5.96. The molecule has 0 aliphatic carbocycles. The maximum Gasteiger partial charge on any atom is 0.306 e. The normalized spacial score (nSPS) is 10.5. The number of nitrogens with zero attached hydrogens (tertiary/aromatic N) is 3. The number of nitrogens with one attached hydrogen (secondary N) is 1. The topological polar surface area (TPSA) is 109 Å². The number of rotatable bonds is 6. The lowest BCUT2D eigenvalue weighted by molar-refractivity contribution is -0.145. The predicted octanol–water partition coefficient (Wildman–Crippen LogP) is 3.06. The first-order valence-corrected chi connectivity index (χ1v) is 9.51. The molecule has 0 aliphatic heterocycles. The molecule has 3 aromatic heterocycles. The molecule has 0 spiro atoms. The zero-order valence-corrected chi connectivity index (χ0v) is 16.3. The van der Waals surface area contributed by atoms with Gasteiger partial charge in [-0.25, -0.2) is 4.98 Å². The van der Waals surface area contributed by atoms with Gasteiger partial charge in [0.2, 0.25) is 0 Å². The number of carbonyl (C=O) groups excluding carboxylic acids is 1. The van der Waals surface area contributed by atoms with E-state index in [0.29, 0.717) is 23.4 Å². The highest BCUT2D eigenvalue weighted by Gasteiger charge is 2.14. The lowest BCUT2D eigenvalue weighted by Crippen LogP contribution is -2.17. The minimum absolute atomic E-state index is 0.0819. The molecule has 0 aromatic carbocycles. The molecule has 0 aliphatic rings. The van der Waals surface area contributed by atoms with Crippen LogP contribution in [-0.4, -0.2) is 20.9 Å². The highest BCUT2D eigenvalue weighted by Crippen LogP contribution is 2.22. The summed E-state index contributed by atoms with van der Waals surface area (Å²) in [5.41, 5.74) is 3.18. The van der Waals surface area contributed by atoms with Crippen molar-refractivity contribution >= 4 is 17.3 Å². The van der Waals surface area contributed by atoms with Gasteiger partial charge in [0.15, 0.2) is 0 Å². The van der Waals surface area contributed by atoms with E-state index < -0.39 is 5.56 Å². The summed E-state index contributed by atoms with van der Waals surface area (Å²) >= 11 is 1.44. The first-order valence-electron chi connectivity index (χ1n) is 8.63. The van der Waals surface area contributed by atoms with Crippen LogP contribution in [0.15, 0.2) is 34.6 Å². The van der Waals surface area contributed by atoms with Crippen molar-refractivity contribution in [2.24, 2.45) is 0 Å². The molecule has 142 valence electrons. The van der Waals surface area contributed by atoms with Crippen molar-refractivity contribution in [1.29, 1.82) is 5.26 Å². The average molecular weight is 394 g/mol. The van der Waals surface area contributed by atoms with Gasteiger partial charge in [0.05, 0.1) is 11.4 Å². The summed E-state index contributed by atoms with van der Waals surface area (Å²) in [4.78, 5) is 35.2. The number of esters is 1. The lowest BCUT2D eigenvalue weighted by Gasteiger charge is -2.10. The summed E-state index contributed by atoms with van der Waals surface area (Å²) in [5.74, 6) is -0.365. The first kappa shape index (κ1) is 19.5. The molecule has 8 heteroatoms. The molecule has 0 amide bonds. The smallest absolute Gasteiger partial charge is 0.306 e. The van der Waals surface area contributed by atoms with Crippen LogP contribution in [0.25, 0.3) is 10.7 Å². The van der Waals surface area contributed by atoms with Gasteiger partial charge in [0, 0.05) is 23.7 Å². The third kappa shape index (κ3) is 4.32. The number of nitriles is 1. The molecule has 0 fully saturated rings. The molecule has 0 bridgehead atoms. The second-order valence-corrected chi connectivity index (χ2v) is 7.05. The van der Waals surface area contributed by atoms with Gasteiger partial charge in [-0.05, 0) is 43.5 Å². The minimum Gasteiger partial charge on any atom is -0.459 e. The van der Waals surface area contributed by atoms with Crippen LogP contribution in [0, 0.1) is 25.2 Å². The molecule has 3 rings (SSSR count). The third-order valence-electron chi connectivity index (χ3n) is 4.32. The van der Waals surface area contributed by atoms with E-state index in [1.807, 2.05) is 29.6 Å². The van der Waals surface area contributed by atoms with Gasteiger partial charge in [0.25, 0.3) is 5.56 Å². The van der Waals surface area contributed by atoms with Crippen LogP contribution in [0.5, 0.6) is 0 Å². The van der Waals surface area contributed by atoms with Crippen molar-refractivity contribution in [3.63, 3.8) is 0 Å². The van der Waals surface area contributed by atoms with Crippen LogP contribution in [-0.2, 0) is 22.6 Å². The number of hydrogen-bond acceptors (Lipinski definition) is 7. The summed E-state index contributed by atoms with van der Waals surface area (Å²) in [6.45, 7) is 3.57. The molecule has 0 saturated carbocycles. The van der Waals surface area contributed by atoms with Crippen molar-refractivity contribution < 1.29 is 9.53 Å². The van der Waals surface area contributed by atoms with E-state index in [9.17, 15) is 9.59 Å². The Labute approximate surface area is 165 Å². The monoisotopic (exact) mass is 394 g/mol. The van der Waals surface area contributed by atoms with Gasteiger partial charge < -0.3 is 9.72 Å². The number of thiazole rings is 1. The number of aromatic nitrogens is 3. The number of H-pyrrole nitrogens is 1. The van der Waals surface area contributed by atoms with E-state index in [2.05, 4.69) is 15.0 Å². The quantitative estimate of drug-likeness (QED) is 0.644. The minimum atomic E-state index is -0.406. The molecule has 28 heavy (non-hydrogen) atoms. The molecule has 0 atom stereocenters. The Hall–Kier alpha value is -3.31. The van der Waals surface area contributed by atoms with E-state index in [1.54, 1.807) is 20.0 Å². The Balaban J connectivity index is 1.58. The van der Waals surface area contributed by atoms with Gasteiger partial charge in [-0.1, -0.05) is 6.07 Å². The first-order chi connectivity index (χ1) is 13.5. The maximum absolute atomic E-state index is 12.1. The van der Waals surface area contributed by atoms with Crippen LogP contribution >= 0.6 is 11.3 Å². The molecule has 3 aromatic rings. The molecule has 1 N–H and O–H groups in total. The van der Waals surface area contributed by atoms with E-state index in [0.717, 1.165) is 16.3 Å². The second kappa shape index (κ2) is 8.59. The van der Waals surface area contributed by atoms with Crippen LogP contribution in [0.1, 0.15) is 34.5 Å². The fraction of sp³-hybridized carbons (Fsp3) is 0.250. The van der Waals surface area contributed by atoms with Crippen LogP contribution in [0.2, 0.25) is 0 Å². The van der Waals surface area contributed by atoms with Crippen LogP contribution in [0.3, 0.4) is 0 Å². The lowest BCUT2D eigenvalue weighted by atomic mass is 9.99. The van der Waals surface area contributed by atoms with Crippen LogP contribution in [0.4, 0.5) is 0 Å². The zero-order valence-electron chi connectivity index (χ0n) is 15.5. The molecular weight excluding hydrogens is 376 g/mol. The number of aromatic amines is 1. The summed E-state index contributed by atoms with van der Waals surface area (Å²) in [5, 5.41) is 11.7. The third-order valence-corrected chi connectivity index (χ3v) is 5.23. The molecule has 0 unspecified atom stereocenters. The number of carbonyl (C=O) groups is 1. The van der Waals surface area contributed by atoms with Gasteiger partial charge in [-0.3, -0.25) is 14.6 Å². The van der Waals surface area contributed by atoms with E-state index in [4.69, 9.17) is 10.00 Å². The average Bonchev–Trinajstić information content (AvgIpc) is 3.16. The molecule has 3 heterocycles.